The molecule has 0 unspecified atom stereocenters. The Bertz CT molecular complexity index is 894. The van der Waals surface area contributed by atoms with E-state index in [9.17, 15) is 4.79 Å². The topological polar surface area (TPSA) is 45.7 Å². The first-order valence-corrected chi connectivity index (χ1v) is 12.4. The maximum Gasteiger partial charge on any atom is 0.313 e. The lowest BCUT2D eigenvalue weighted by Crippen LogP contribution is -2.54. The van der Waals surface area contributed by atoms with Crippen molar-refractivity contribution in [3.63, 3.8) is 0 Å². The highest BCUT2D eigenvalue weighted by molar-refractivity contribution is 5.78. The summed E-state index contributed by atoms with van der Waals surface area (Å²) in [6, 6.07) is 15.0. The molecule has 1 aromatic carbocycles. The maximum atomic E-state index is 13.1. The molecule has 0 saturated carbocycles. The van der Waals surface area contributed by atoms with E-state index in [-0.39, 0.29) is 5.97 Å². The summed E-state index contributed by atoms with van der Waals surface area (Å²) in [7, 11) is 0. The van der Waals surface area contributed by atoms with Gasteiger partial charge in [0.25, 0.3) is 0 Å². The molecule has 3 heterocycles. The van der Waals surface area contributed by atoms with Gasteiger partial charge in [0.15, 0.2) is 0 Å². The van der Waals surface area contributed by atoms with Crippen LogP contribution in [0.3, 0.4) is 0 Å². The zero-order valence-corrected chi connectivity index (χ0v) is 19.9. The summed E-state index contributed by atoms with van der Waals surface area (Å²) in [6.07, 6.45) is 13.1. The fraction of sp³-hybridized carbons (Fsp3) is 0.500. The molecule has 1 atom stereocenters. The summed E-state index contributed by atoms with van der Waals surface area (Å²) >= 11 is 0. The molecule has 5 nitrogen and oxygen atoms in total. The van der Waals surface area contributed by atoms with E-state index in [1.165, 1.54) is 11.1 Å². The third-order valence-corrected chi connectivity index (χ3v) is 7.14. The number of esters is 1. The molecule has 1 aromatic heterocycles. The molecule has 2 fully saturated rings. The third kappa shape index (κ3) is 6.30. The minimum Gasteiger partial charge on any atom is -0.466 e. The van der Waals surface area contributed by atoms with Gasteiger partial charge in [0.2, 0.25) is 0 Å². The average Bonchev–Trinajstić information content (AvgIpc) is 2.86. The Balaban J connectivity index is 1.38. The molecular weight excluding hydrogens is 410 g/mol. The SMILES string of the molecule is CCOC(=O)[C@]1(C/C=C/c2ccccc2)CCCN(C2CCN(Cc3cccnc3)CC2)C1. The number of piperidine rings is 2. The lowest BCUT2D eigenvalue weighted by atomic mass is 9.76. The van der Waals surface area contributed by atoms with Crippen LogP contribution in [-0.2, 0) is 16.1 Å². The molecule has 5 heteroatoms. The van der Waals surface area contributed by atoms with Gasteiger partial charge >= 0.3 is 5.97 Å². The van der Waals surface area contributed by atoms with E-state index in [0.717, 1.165) is 64.8 Å². The number of ether oxygens (including phenoxy) is 1. The molecular formula is C28H37N3O2. The zero-order chi connectivity index (χ0) is 22.9. The first kappa shape index (κ1) is 23.7. The van der Waals surface area contributed by atoms with Crippen LogP contribution in [0.15, 0.2) is 60.9 Å². The van der Waals surface area contributed by atoms with E-state index in [4.69, 9.17) is 4.74 Å². The van der Waals surface area contributed by atoms with E-state index in [0.29, 0.717) is 12.6 Å². The average molecular weight is 448 g/mol. The Morgan fingerprint density at radius 3 is 2.70 bits per heavy atom. The van der Waals surface area contributed by atoms with Crippen molar-refractivity contribution in [1.82, 2.24) is 14.8 Å². The van der Waals surface area contributed by atoms with Crippen LogP contribution in [0.4, 0.5) is 0 Å². The first-order valence-electron chi connectivity index (χ1n) is 12.4. The second kappa shape index (κ2) is 11.6. The molecule has 0 aliphatic carbocycles. The highest BCUT2D eigenvalue weighted by atomic mass is 16.5. The molecule has 2 saturated heterocycles. The van der Waals surface area contributed by atoms with Crippen molar-refractivity contribution in [2.45, 2.75) is 51.6 Å². The number of likely N-dealkylation sites (tertiary alicyclic amines) is 2. The van der Waals surface area contributed by atoms with Crippen LogP contribution in [0, 0.1) is 5.41 Å². The Kier molecular flexibility index (Phi) is 8.30. The van der Waals surface area contributed by atoms with Crippen LogP contribution in [0.5, 0.6) is 0 Å². The predicted octanol–water partition coefficient (Wildman–Crippen LogP) is 4.79. The highest BCUT2D eigenvalue weighted by Gasteiger charge is 2.44. The molecule has 0 amide bonds. The Morgan fingerprint density at radius 2 is 1.97 bits per heavy atom. The van der Waals surface area contributed by atoms with E-state index in [1.54, 1.807) is 0 Å². The van der Waals surface area contributed by atoms with E-state index >= 15 is 0 Å². The number of allylic oxidation sites excluding steroid dienone is 1. The van der Waals surface area contributed by atoms with Crippen LogP contribution in [0.25, 0.3) is 6.08 Å². The summed E-state index contributed by atoms with van der Waals surface area (Å²) in [5.74, 6) is -0.0265. The van der Waals surface area contributed by atoms with Crippen molar-refractivity contribution >= 4 is 12.0 Å². The van der Waals surface area contributed by atoms with Gasteiger partial charge in [-0.05, 0) is 75.9 Å². The fourth-order valence-electron chi connectivity index (χ4n) is 5.36. The quantitative estimate of drug-likeness (QED) is 0.544. The van der Waals surface area contributed by atoms with Crippen LogP contribution in [0.2, 0.25) is 0 Å². The number of rotatable bonds is 8. The van der Waals surface area contributed by atoms with Gasteiger partial charge in [-0.2, -0.15) is 0 Å². The second-order valence-corrected chi connectivity index (χ2v) is 9.46. The number of benzene rings is 1. The van der Waals surface area contributed by atoms with Crippen LogP contribution >= 0.6 is 0 Å². The predicted molar refractivity (Wildman–Crippen MR) is 133 cm³/mol. The van der Waals surface area contributed by atoms with Crippen molar-refractivity contribution in [1.29, 1.82) is 0 Å². The van der Waals surface area contributed by atoms with Gasteiger partial charge in [-0.3, -0.25) is 19.6 Å². The number of carbonyl (C=O) groups excluding carboxylic acids is 1. The summed E-state index contributed by atoms with van der Waals surface area (Å²) < 4.78 is 5.59. The summed E-state index contributed by atoms with van der Waals surface area (Å²) in [4.78, 5) is 22.5. The second-order valence-electron chi connectivity index (χ2n) is 9.46. The summed E-state index contributed by atoms with van der Waals surface area (Å²) in [6.45, 7) is 7.39. The molecule has 0 radical (unpaired) electrons. The number of nitrogens with zero attached hydrogens (tertiary/aromatic N) is 3. The molecule has 0 bridgehead atoms. The molecule has 176 valence electrons. The van der Waals surface area contributed by atoms with Crippen molar-refractivity contribution in [3.8, 4) is 0 Å². The molecule has 33 heavy (non-hydrogen) atoms. The lowest BCUT2D eigenvalue weighted by molar-refractivity contribution is -0.160. The van der Waals surface area contributed by atoms with Crippen molar-refractivity contribution in [2.24, 2.45) is 5.41 Å². The fourth-order valence-corrected chi connectivity index (χ4v) is 5.36. The monoisotopic (exact) mass is 447 g/mol. The smallest absolute Gasteiger partial charge is 0.313 e. The molecule has 2 aliphatic heterocycles. The van der Waals surface area contributed by atoms with Crippen molar-refractivity contribution in [3.05, 3.63) is 72.1 Å². The van der Waals surface area contributed by atoms with Crippen LogP contribution < -0.4 is 0 Å². The van der Waals surface area contributed by atoms with Gasteiger partial charge in [0, 0.05) is 31.5 Å². The first-order chi connectivity index (χ1) is 16.2. The number of hydrogen-bond acceptors (Lipinski definition) is 5. The lowest BCUT2D eigenvalue weighted by Gasteiger charge is -2.46. The van der Waals surface area contributed by atoms with Gasteiger partial charge in [-0.15, -0.1) is 0 Å². The number of pyridine rings is 1. The Hall–Kier alpha value is -2.50. The number of carbonyl (C=O) groups is 1. The Morgan fingerprint density at radius 1 is 1.15 bits per heavy atom. The standard InChI is InChI=1S/C28H37N3O2/c1-2-33-27(32)28(15-6-11-24-9-4-3-5-10-24)16-8-18-31(23-28)26-13-19-30(20-14-26)22-25-12-7-17-29-21-25/h3-7,9-12,17,21,26H,2,8,13-16,18-20,22-23H2,1H3/b11-6+/t28-/m1/s1. The van der Waals surface area contributed by atoms with E-state index in [1.807, 2.05) is 43.6 Å². The normalized spacial score (nSPS) is 23.1. The van der Waals surface area contributed by atoms with Gasteiger partial charge in [-0.1, -0.05) is 48.6 Å². The molecule has 2 aromatic rings. The van der Waals surface area contributed by atoms with Gasteiger partial charge < -0.3 is 4.74 Å². The largest absolute Gasteiger partial charge is 0.466 e. The van der Waals surface area contributed by atoms with Crippen LogP contribution in [0.1, 0.15) is 50.2 Å². The highest BCUT2D eigenvalue weighted by Crippen LogP contribution is 2.37. The summed E-state index contributed by atoms with van der Waals surface area (Å²) in [5.41, 5.74) is 2.01. The number of aromatic nitrogens is 1. The molecule has 4 rings (SSSR count). The van der Waals surface area contributed by atoms with Gasteiger partial charge in [0.05, 0.1) is 12.0 Å². The zero-order valence-electron chi connectivity index (χ0n) is 19.9. The number of hydrogen-bond donors (Lipinski definition) is 0. The van der Waals surface area contributed by atoms with Gasteiger partial charge in [0.1, 0.15) is 0 Å². The molecule has 2 aliphatic rings. The minimum atomic E-state index is -0.438. The Labute approximate surface area is 198 Å². The van der Waals surface area contributed by atoms with Gasteiger partial charge in [-0.25, -0.2) is 0 Å². The van der Waals surface area contributed by atoms with E-state index < -0.39 is 5.41 Å². The summed E-state index contributed by atoms with van der Waals surface area (Å²) in [5, 5.41) is 0. The van der Waals surface area contributed by atoms with Crippen molar-refractivity contribution in [2.75, 3.05) is 32.8 Å². The molecule has 0 spiro atoms. The van der Waals surface area contributed by atoms with Crippen LogP contribution in [-0.4, -0.2) is 59.6 Å². The third-order valence-electron chi connectivity index (χ3n) is 7.14. The molecule has 0 N–H and O–H groups in total. The van der Waals surface area contributed by atoms with E-state index in [2.05, 4.69) is 45.1 Å². The maximum absolute atomic E-state index is 13.1. The minimum absolute atomic E-state index is 0.0265. The van der Waals surface area contributed by atoms with Crippen molar-refractivity contribution < 1.29 is 9.53 Å².